The molecule has 3 heterocycles. The number of nitrogens with two attached hydrogens (primary N) is 1. The number of hydrogen-bond donors (Lipinski definition) is 2. The molecule has 2 aliphatic rings. The van der Waals surface area contributed by atoms with E-state index >= 15 is 0 Å². The van der Waals surface area contributed by atoms with Gasteiger partial charge in [0, 0.05) is 12.0 Å². The predicted molar refractivity (Wildman–Crippen MR) is 116 cm³/mol. The number of aromatic amines is 1. The van der Waals surface area contributed by atoms with Crippen LogP contribution in [0.4, 0.5) is 5.82 Å². The molecule has 6 rings (SSSR count). The van der Waals surface area contributed by atoms with E-state index in [1.807, 2.05) is 43.3 Å². The summed E-state index contributed by atoms with van der Waals surface area (Å²) in [5.74, 6) is 2.46. The Morgan fingerprint density at radius 1 is 1.16 bits per heavy atom. The minimum Gasteiger partial charge on any atom is -0.486 e. The zero-order chi connectivity index (χ0) is 21.1. The van der Waals surface area contributed by atoms with Gasteiger partial charge < -0.3 is 20.2 Å². The Balaban J connectivity index is 1.32. The van der Waals surface area contributed by atoms with Crippen LogP contribution in [-0.2, 0) is 6.42 Å². The van der Waals surface area contributed by atoms with Gasteiger partial charge in [0.2, 0.25) is 0 Å². The number of nitrogens with zero attached hydrogens (tertiary/aromatic N) is 3. The van der Waals surface area contributed by atoms with Crippen molar-refractivity contribution in [1.29, 1.82) is 0 Å². The fourth-order valence-corrected chi connectivity index (χ4v) is 4.19. The van der Waals surface area contributed by atoms with Gasteiger partial charge in [-0.1, -0.05) is 0 Å². The number of carbonyl (C=O) groups excluding carboxylic acids is 1. The zero-order valence-electron chi connectivity index (χ0n) is 16.8. The normalized spacial score (nSPS) is 14.5. The SMILES string of the molecule is Cc1nc2ccc(-n3ncc(C(=O)C4=Cc5cc6c(cc5C4)OCCO6)c3N)cc2[nH]1. The van der Waals surface area contributed by atoms with Gasteiger partial charge in [0.25, 0.3) is 0 Å². The van der Waals surface area contributed by atoms with E-state index in [0.29, 0.717) is 42.3 Å². The highest BCUT2D eigenvalue weighted by Gasteiger charge is 2.26. The molecule has 1 aliphatic carbocycles. The lowest BCUT2D eigenvalue weighted by Gasteiger charge is -2.19. The molecule has 31 heavy (non-hydrogen) atoms. The number of ketones is 1. The number of imidazole rings is 1. The monoisotopic (exact) mass is 413 g/mol. The largest absolute Gasteiger partial charge is 0.486 e. The number of nitrogens with one attached hydrogen (secondary N) is 1. The second kappa shape index (κ2) is 6.46. The minimum atomic E-state index is -0.127. The molecule has 2 aromatic heterocycles. The topological polar surface area (TPSA) is 108 Å². The summed E-state index contributed by atoms with van der Waals surface area (Å²) in [7, 11) is 0. The second-order valence-corrected chi connectivity index (χ2v) is 7.75. The van der Waals surface area contributed by atoms with E-state index in [9.17, 15) is 4.79 Å². The molecule has 0 saturated carbocycles. The zero-order valence-corrected chi connectivity index (χ0v) is 16.8. The van der Waals surface area contributed by atoms with Crippen molar-refractivity contribution in [3.63, 3.8) is 0 Å². The highest BCUT2D eigenvalue weighted by atomic mass is 16.6. The van der Waals surface area contributed by atoms with Crippen molar-refractivity contribution in [3.05, 3.63) is 64.6 Å². The third-order valence-electron chi connectivity index (χ3n) is 5.69. The van der Waals surface area contributed by atoms with Crippen LogP contribution in [0.3, 0.4) is 0 Å². The summed E-state index contributed by atoms with van der Waals surface area (Å²) in [4.78, 5) is 20.9. The molecule has 154 valence electrons. The molecular weight excluding hydrogens is 394 g/mol. The number of allylic oxidation sites excluding steroid dienone is 1. The predicted octanol–water partition coefficient (Wildman–Crippen LogP) is 3.23. The number of rotatable bonds is 3. The maximum absolute atomic E-state index is 13.2. The van der Waals surface area contributed by atoms with Crippen molar-refractivity contribution in [3.8, 4) is 17.2 Å². The van der Waals surface area contributed by atoms with Crippen LogP contribution in [0.1, 0.15) is 27.3 Å². The number of anilines is 1. The van der Waals surface area contributed by atoms with Crippen molar-refractivity contribution >= 4 is 28.7 Å². The quantitative estimate of drug-likeness (QED) is 0.499. The molecule has 1 aliphatic heterocycles. The van der Waals surface area contributed by atoms with Gasteiger partial charge in [0.15, 0.2) is 17.3 Å². The first-order valence-electron chi connectivity index (χ1n) is 10.0. The average Bonchev–Trinajstić information content (AvgIpc) is 3.46. The first-order valence-corrected chi connectivity index (χ1v) is 10.0. The molecule has 0 unspecified atom stereocenters. The van der Waals surface area contributed by atoms with Crippen LogP contribution in [0.15, 0.2) is 42.1 Å². The molecule has 3 N–H and O–H groups in total. The second-order valence-electron chi connectivity index (χ2n) is 7.75. The number of ether oxygens (including phenoxy) is 2. The standard InChI is InChI=1S/C23H19N5O3/c1-12-26-18-3-2-16(10-19(18)27-12)28-23(24)17(11-25-28)22(29)15-6-13-8-20-21(9-14(13)7-15)31-5-4-30-20/h2-3,6,8-11H,4-5,7,24H2,1H3,(H,26,27). The van der Waals surface area contributed by atoms with E-state index in [4.69, 9.17) is 15.2 Å². The Morgan fingerprint density at radius 3 is 2.81 bits per heavy atom. The molecule has 0 spiro atoms. The number of hydrogen-bond acceptors (Lipinski definition) is 6. The van der Waals surface area contributed by atoms with Crippen LogP contribution in [0.25, 0.3) is 22.8 Å². The van der Waals surface area contributed by atoms with Gasteiger partial charge in [-0.2, -0.15) is 5.10 Å². The van der Waals surface area contributed by atoms with Gasteiger partial charge >= 0.3 is 0 Å². The van der Waals surface area contributed by atoms with E-state index in [0.717, 1.165) is 39.4 Å². The van der Waals surface area contributed by atoms with E-state index in [2.05, 4.69) is 15.1 Å². The van der Waals surface area contributed by atoms with Crippen molar-refractivity contribution < 1.29 is 14.3 Å². The Bertz CT molecular complexity index is 1410. The van der Waals surface area contributed by atoms with Crippen LogP contribution in [-0.4, -0.2) is 38.7 Å². The van der Waals surface area contributed by atoms with Crippen LogP contribution in [0, 0.1) is 6.92 Å². The number of benzene rings is 2. The minimum absolute atomic E-state index is 0.127. The maximum atomic E-state index is 13.2. The van der Waals surface area contributed by atoms with Gasteiger partial charge in [-0.3, -0.25) is 4.79 Å². The summed E-state index contributed by atoms with van der Waals surface area (Å²) in [6.07, 6.45) is 3.95. The highest BCUT2D eigenvalue weighted by molar-refractivity contribution is 6.15. The summed E-state index contributed by atoms with van der Waals surface area (Å²) in [6, 6.07) is 9.59. The van der Waals surface area contributed by atoms with Gasteiger partial charge in [0.05, 0.1) is 28.5 Å². The Labute approximate surface area is 177 Å². The molecule has 0 amide bonds. The van der Waals surface area contributed by atoms with Gasteiger partial charge in [-0.05, 0) is 54.5 Å². The number of aryl methyl sites for hydroxylation is 1. The molecule has 8 nitrogen and oxygen atoms in total. The fraction of sp³-hybridized carbons (Fsp3) is 0.174. The van der Waals surface area contributed by atoms with Gasteiger partial charge in [0.1, 0.15) is 24.9 Å². The van der Waals surface area contributed by atoms with Crippen molar-refractivity contribution in [2.45, 2.75) is 13.3 Å². The molecular formula is C23H19N5O3. The molecule has 0 bridgehead atoms. The summed E-state index contributed by atoms with van der Waals surface area (Å²) in [5, 5.41) is 4.37. The van der Waals surface area contributed by atoms with E-state index < -0.39 is 0 Å². The lowest BCUT2D eigenvalue weighted by molar-refractivity contribution is 0.103. The molecule has 0 saturated heterocycles. The number of Topliss-reactive ketones (excluding diaryl/α,β-unsaturated/α-hetero) is 1. The van der Waals surface area contributed by atoms with E-state index in [1.165, 1.54) is 6.20 Å². The number of aromatic nitrogens is 4. The van der Waals surface area contributed by atoms with Crippen LogP contribution in [0.2, 0.25) is 0 Å². The number of fused-ring (bicyclic) bond motifs is 3. The molecule has 4 aromatic rings. The van der Waals surface area contributed by atoms with Crippen LogP contribution < -0.4 is 15.2 Å². The highest BCUT2D eigenvalue weighted by Crippen LogP contribution is 2.38. The molecule has 8 heteroatoms. The Kier molecular flexibility index (Phi) is 3.70. The molecule has 0 radical (unpaired) electrons. The average molecular weight is 413 g/mol. The van der Waals surface area contributed by atoms with Crippen molar-refractivity contribution in [1.82, 2.24) is 19.7 Å². The van der Waals surface area contributed by atoms with Crippen molar-refractivity contribution in [2.75, 3.05) is 18.9 Å². The lowest BCUT2D eigenvalue weighted by Crippen LogP contribution is -2.15. The number of nitrogen functional groups attached to an aromatic ring is 1. The molecule has 0 atom stereocenters. The fourth-order valence-electron chi connectivity index (χ4n) is 4.19. The molecule has 2 aromatic carbocycles. The summed E-state index contributed by atoms with van der Waals surface area (Å²) >= 11 is 0. The van der Waals surface area contributed by atoms with Crippen molar-refractivity contribution in [2.24, 2.45) is 0 Å². The Morgan fingerprint density at radius 2 is 1.97 bits per heavy atom. The summed E-state index contributed by atoms with van der Waals surface area (Å²) in [5.41, 5.74) is 11.9. The summed E-state index contributed by atoms with van der Waals surface area (Å²) < 4.78 is 12.9. The Hall–Kier alpha value is -4.07. The first-order chi connectivity index (χ1) is 15.1. The first kappa shape index (κ1) is 17.8. The lowest BCUT2D eigenvalue weighted by atomic mass is 10.0. The maximum Gasteiger partial charge on any atom is 0.194 e. The smallest absolute Gasteiger partial charge is 0.194 e. The summed E-state index contributed by atoms with van der Waals surface area (Å²) in [6.45, 7) is 2.96. The number of carbonyl (C=O) groups is 1. The van der Waals surface area contributed by atoms with Crippen LogP contribution in [0.5, 0.6) is 11.5 Å². The number of H-pyrrole nitrogens is 1. The van der Waals surface area contributed by atoms with Gasteiger partial charge in [-0.15, -0.1) is 0 Å². The van der Waals surface area contributed by atoms with E-state index in [-0.39, 0.29) is 5.78 Å². The van der Waals surface area contributed by atoms with Gasteiger partial charge in [-0.25, -0.2) is 9.67 Å². The third-order valence-corrected chi connectivity index (χ3v) is 5.69. The third kappa shape index (κ3) is 2.79. The van der Waals surface area contributed by atoms with Crippen LogP contribution >= 0.6 is 0 Å². The molecule has 0 fully saturated rings. The van der Waals surface area contributed by atoms with E-state index in [1.54, 1.807) is 4.68 Å².